The van der Waals surface area contributed by atoms with Gasteiger partial charge in [-0.25, -0.2) is 13.1 Å². The molecule has 0 bridgehead atoms. The molecule has 0 spiro atoms. The van der Waals surface area contributed by atoms with Crippen LogP contribution in [0, 0.1) is 5.41 Å². The van der Waals surface area contributed by atoms with Crippen LogP contribution in [0.1, 0.15) is 39.5 Å². The van der Waals surface area contributed by atoms with Crippen LogP contribution in [0.15, 0.2) is 0 Å². The molecule has 1 aliphatic rings. The zero-order chi connectivity index (χ0) is 12.1. The van der Waals surface area contributed by atoms with Gasteiger partial charge in [0.2, 0.25) is 10.0 Å². The molecule has 1 aliphatic carbocycles. The predicted molar refractivity (Wildman–Crippen MR) is 66.9 cm³/mol. The summed E-state index contributed by atoms with van der Waals surface area (Å²) < 4.78 is 26.0. The molecule has 0 saturated heterocycles. The second kappa shape index (κ2) is 5.98. The highest BCUT2D eigenvalue weighted by Crippen LogP contribution is 2.36. The summed E-state index contributed by atoms with van der Waals surface area (Å²) in [6.45, 7) is 6.09. The van der Waals surface area contributed by atoms with Crippen LogP contribution in [0.2, 0.25) is 0 Å². The highest BCUT2D eigenvalue weighted by atomic mass is 32.2. The van der Waals surface area contributed by atoms with E-state index in [0.29, 0.717) is 13.1 Å². The van der Waals surface area contributed by atoms with Crippen LogP contribution in [0.4, 0.5) is 0 Å². The Morgan fingerprint density at radius 2 is 1.88 bits per heavy atom. The van der Waals surface area contributed by atoms with Crippen molar-refractivity contribution in [2.75, 3.05) is 25.4 Å². The summed E-state index contributed by atoms with van der Waals surface area (Å²) in [6.07, 6.45) is 4.75. The minimum Gasteiger partial charge on any atom is -0.316 e. The normalized spacial score (nSPS) is 20.1. The maximum Gasteiger partial charge on any atom is 0.212 e. The Morgan fingerprint density at radius 1 is 1.25 bits per heavy atom. The van der Waals surface area contributed by atoms with E-state index < -0.39 is 10.0 Å². The zero-order valence-electron chi connectivity index (χ0n) is 10.4. The minimum atomic E-state index is -3.09. The molecule has 0 aromatic carbocycles. The molecule has 1 saturated carbocycles. The number of hydrogen-bond donors (Lipinski definition) is 2. The summed E-state index contributed by atoms with van der Waals surface area (Å²) in [4.78, 5) is 0. The second-order valence-corrected chi connectivity index (χ2v) is 6.94. The van der Waals surface area contributed by atoms with Gasteiger partial charge in [-0.05, 0) is 24.8 Å². The van der Waals surface area contributed by atoms with E-state index in [1.165, 1.54) is 12.8 Å². The predicted octanol–water partition coefficient (Wildman–Crippen LogP) is 1.10. The highest BCUT2D eigenvalue weighted by Gasteiger charge is 2.29. The Bertz CT molecular complexity index is 295. The van der Waals surface area contributed by atoms with Crippen molar-refractivity contribution < 1.29 is 8.42 Å². The van der Waals surface area contributed by atoms with Gasteiger partial charge in [-0.2, -0.15) is 0 Å². The van der Waals surface area contributed by atoms with Crippen molar-refractivity contribution in [3.05, 3.63) is 0 Å². The first-order valence-corrected chi connectivity index (χ1v) is 7.81. The standard InChI is InChI=1S/C11H24N2O2S/c1-3-12-8-9-16(14,15)13-10-11(2)6-4-5-7-11/h12-13H,3-10H2,1-2H3. The van der Waals surface area contributed by atoms with Crippen LogP contribution in [0.3, 0.4) is 0 Å². The Kier molecular flexibility index (Phi) is 5.21. The molecule has 0 radical (unpaired) electrons. The number of rotatable bonds is 7. The second-order valence-electron chi connectivity index (χ2n) is 5.01. The molecule has 2 N–H and O–H groups in total. The van der Waals surface area contributed by atoms with Gasteiger partial charge in [0.25, 0.3) is 0 Å². The molecule has 0 aliphatic heterocycles. The first-order valence-electron chi connectivity index (χ1n) is 6.15. The molecular weight excluding hydrogens is 224 g/mol. The van der Waals surface area contributed by atoms with E-state index in [0.717, 1.165) is 19.4 Å². The monoisotopic (exact) mass is 248 g/mol. The van der Waals surface area contributed by atoms with Crippen molar-refractivity contribution in [2.24, 2.45) is 5.41 Å². The molecule has 1 fully saturated rings. The summed E-state index contributed by atoms with van der Waals surface area (Å²) in [7, 11) is -3.09. The van der Waals surface area contributed by atoms with E-state index in [-0.39, 0.29) is 11.2 Å². The topological polar surface area (TPSA) is 58.2 Å². The van der Waals surface area contributed by atoms with Crippen LogP contribution < -0.4 is 10.0 Å². The van der Waals surface area contributed by atoms with Gasteiger partial charge in [0.05, 0.1) is 5.75 Å². The first-order chi connectivity index (χ1) is 7.47. The molecular formula is C11H24N2O2S. The van der Waals surface area contributed by atoms with Crippen LogP contribution in [0.25, 0.3) is 0 Å². The largest absolute Gasteiger partial charge is 0.316 e. The Balaban J connectivity index is 2.30. The van der Waals surface area contributed by atoms with Gasteiger partial charge >= 0.3 is 0 Å². The molecule has 16 heavy (non-hydrogen) atoms. The number of hydrogen-bond acceptors (Lipinski definition) is 3. The first kappa shape index (κ1) is 13.9. The molecule has 0 aromatic rings. The maximum atomic E-state index is 11.7. The van der Waals surface area contributed by atoms with Crippen molar-refractivity contribution in [3.8, 4) is 0 Å². The van der Waals surface area contributed by atoms with Crippen molar-refractivity contribution in [3.63, 3.8) is 0 Å². The van der Waals surface area contributed by atoms with Crippen molar-refractivity contribution in [1.29, 1.82) is 0 Å². The van der Waals surface area contributed by atoms with E-state index in [1.807, 2.05) is 6.92 Å². The third kappa shape index (κ3) is 4.80. The molecule has 1 rings (SSSR count). The average Bonchev–Trinajstić information content (AvgIpc) is 2.64. The lowest BCUT2D eigenvalue weighted by atomic mass is 9.89. The third-order valence-electron chi connectivity index (χ3n) is 3.33. The van der Waals surface area contributed by atoms with Gasteiger partial charge in [-0.1, -0.05) is 26.7 Å². The number of sulfonamides is 1. The van der Waals surface area contributed by atoms with Crippen molar-refractivity contribution >= 4 is 10.0 Å². The Hall–Kier alpha value is -0.130. The molecule has 5 heteroatoms. The minimum absolute atomic E-state index is 0.178. The molecule has 96 valence electrons. The van der Waals surface area contributed by atoms with Gasteiger partial charge < -0.3 is 5.32 Å². The molecule has 0 aromatic heterocycles. The fourth-order valence-electron chi connectivity index (χ4n) is 2.14. The van der Waals surface area contributed by atoms with Gasteiger partial charge in [0, 0.05) is 13.1 Å². The Morgan fingerprint density at radius 3 is 2.44 bits per heavy atom. The smallest absolute Gasteiger partial charge is 0.212 e. The van der Waals surface area contributed by atoms with Gasteiger partial charge in [-0.3, -0.25) is 0 Å². The summed E-state index contributed by atoms with van der Waals surface area (Å²) in [5, 5.41) is 3.02. The van der Waals surface area contributed by atoms with Gasteiger partial charge in [0.15, 0.2) is 0 Å². The SMILES string of the molecule is CCNCCS(=O)(=O)NCC1(C)CCCC1. The van der Waals surface area contributed by atoms with Crippen LogP contribution in [-0.4, -0.2) is 33.8 Å². The van der Waals surface area contributed by atoms with E-state index >= 15 is 0 Å². The lowest BCUT2D eigenvalue weighted by Gasteiger charge is -2.23. The molecule has 0 amide bonds. The summed E-state index contributed by atoms with van der Waals surface area (Å²) in [5.74, 6) is 0.178. The summed E-state index contributed by atoms with van der Waals surface area (Å²) in [6, 6.07) is 0. The fraction of sp³-hybridized carbons (Fsp3) is 1.00. The molecule has 0 atom stereocenters. The van der Waals surface area contributed by atoms with E-state index in [2.05, 4.69) is 17.0 Å². The lowest BCUT2D eigenvalue weighted by Crippen LogP contribution is -2.37. The van der Waals surface area contributed by atoms with Crippen molar-refractivity contribution in [1.82, 2.24) is 10.0 Å². The fourth-order valence-corrected chi connectivity index (χ4v) is 3.27. The summed E-state index contributed by atoms with van der Waals surface area (Å²) >= 11 is 0. The van der Waals surface area contributed by atoms with E-state index in [1.54, 1.807) is 0 Å². The Labute approximate surface area is 99.2 Å². The highest BCUT2D eigenvalue weighted by molar-refractivity contribution is 7.89. The van der Waals surface area contributed by atoms with Gasteiger partial charge in [-0.15, -0.1) is 0 Å². The average molecular weight is 248 g/mol. The van der Waals surface area contributed by atoms with E-state index in [9.17, 15) is 8.42 Å². The summed E-state index contributed by atoms with van der Waals surface area (Å²) in [5.41, 5.74) is 0.186. The molecule has 0 unspecified atom stereocenters. The third-order valence-corrected chi connectivity index (χ3v) is 4.65. The van der Waals surface area contributed by atoms with Crippen LogP contribution in [-0.2, 0) is 10.0 Å². The van der Waals surface area contributed by atoms with Crippen LogP contribution in [0.5, 0.6) is 0 Å². The molecule has 0 heterocycles. The number of nitrogens with one attached hydrogen (secondary N) is 2. The molecule has 4 nitrogen and oxygen atoms in total. The maximum absolute atomic E-state index is 11.7. The quantitative estimate of drug-likeness (QED) is 0.663. The van der Waals surface area contributed by atoms with Crippen molar-refractivity contribution in [2.45, 2.75) is 39.5 Å². The van der Waals surface area contributed by atoms with Crippen LogP contribution >= 0.6 is 0 Å². The lowest BCUT2D eigenvalue weighted by molar-refractivity contribution is 0.336. The van der Waals surface area contributed by atoms with E-state index in [4.69, 9.17) is 0 Å². The van der Waals surface area contributed by atoms with Gasteiger partial charge in [0.1, 0.15) is 0 Å². The zero-order valence-corrected chi connectivity index (χ0v) is 11.2.